The third-order valence-electron chi connectivity index (χ3n) is 3.41. The van der Waals surface area contributed by atoms with Crippen LogP contribution in [0, 0.1) is 0 Å². The molecule has 1 amide bonds. The minimum absolute atomic E-state index is 0.00459. The number of likely N-dealkylation sites (N-methyl/N-ethyl adjacent to an activating group) is 1. The molecular weight excluding hydrogens is 254 g/mol. The van der Waals surface area contributed by atoms with E-state index in [0.717, 1.165) is 38.2 Å². The van der Waals surface area contributed by atoms with Crippen LogP contribution in [-0.2, 0) is 4.74 Å². The van der Waals surface area contributed by atoms with Gasteiger partial charge in [-0.3, -0.25) is 4.79 Å². The fourth-order valence-corrected chi connectivity index (χ4v) is 2.28. The molecule has 0 spiro atoms. The second-order valence-corrected chi connectivity index (χ2v) is 5.18. The number of anilines is 1. The Morgan fingerprint density at radius 2 is 2.40 bits per heavy atom. The molecule has 1 atom stereocenters. The zero-order valence-corrected chi connectivity index (χ0v) is 12.3. The van der Waals surface area contributed by atoms with Crippen molar-refractivity contribution in [1.82, 2.24) is 9.88 Å². The topological polar surface area (TPSA) is 54.5 Å². The summed E-state index contributed by atoms with van der Waals surface area (Å²) >= 11 is 0. The average Bonchev–Trinajstić information content (AvgIpc) is 2.97. The molecular formula is C15H23N3O2. The molecule has 1 aliphatic rings. The van der Waals surface area contributed by atoms with Crippen molar-refractivity contribution in [2.75, 3.05) is 32.1 Å². The van der Waals surface area contributed by atoms with Gasteiger partial charge in [-0.2, -0.15) is 0 Å². The van der Waals surface area contributed by atoms with Gasteiger partial charge in [-0.1, -0.05) is 6.92 Å². The zero-order chi connectivity index (χ0) is 14.4. The van der Waals surface area contributed by atoms with Crippen LogP contribution in [0.3, 0.4) is 0 Å². The first-order valence-corrected chi connectivity index (χ1v) is 7.27. The van der Waals surface area contributed by atoms with Gasteiger partial charge in [-0.05, 0) is 31.4 Å². The zero-order valence-electron chi connectivity index (χ0n) is 12.3. The van der Waals surface area contributed by atoms with Crippen molar-refractivity contribution in [3.8, 4) is 0 Å². The number of hydrogen-bond acceptors (Lipinski definition) is 4. The van der Waals surface area contributed by atoms with Crippen LogP contribution in [0.4, 0.5) is 5.82 Å². The number of ether oxygens (including phenoxy) is 1. The second kappa shape index (κ2) is 7.24. The van der Waals surface area contributed by atoms with Crippen molar-refractivity contribution in [2.24, 2.45) is 0 Å². The summed E-state index contributed by atoms with van der Waals surface area (Å²) in [5, 5.41) is 3.19. The molecule has 5 heteroatoms. The highest BCUT2D eigenvalue weighted by Crippen LogP contribution is 2.14. The number of aromatic nitrogens is 1. The third kappa shape index (κ3) is 3.93. The van der Waals surface area contributed by atoms with E-state index >= 15 is 0 Å². The monoisotopic (exact) mass is 277 g/mol. The van der Waals surface area contributed by atoms with E-state index in [9.17, 15) is 4.79 Å². The Hall–Kier alpha value is -1.62. The Morgan fingerprint density at radius 1 is 1.55 bits per heavy atom. The van der Waals surface area contributed by atoms with E-state index in [4.69, 9.17) is 4.74 Å². The molecule has 1 N–H and O–H groups in total. The summed E-state index contributed by atoms with van der Waals surface area (Å²) in [6.45, 7) is 4.45. The molecule has 0 saturated carbocycles. The number of hydrogen-bond donors (Lipinski definition) is 1. The molecule has 2 rings (SSSR count). The van der Waals surface area contributed by atoms with Gasteiger partial charge in [0.2, 0.25) is 0 Å². The number of amides is 1. The van der Waals surface area contributed by atoms with E-state index in [-0.39, 0.29) is 12.0 Å². The number of carbonyl (C=O) groups is 1. The Bertz CT molecular complexity index is 427. The SMILES string of the molecule is CCCNc1ccc(C(=O)N(C)CC2CCCO2)cn1. The molecule has 0 aromatic carbocycles. The molecule has 1 unspecified atom stereocenters. The molecule has 1 saturated heterocycles. The van der Waals surface area contributed by atoms with Crippen LogP contribution in [0.2, 0.25) is 0 Å². The van der Waals surface area contributed by atoms with Gasteiger partial charge in [0.15, 0.2) is 0 Å². The summed E-state index contributed by atoms with van der Waals surface area (Å²) in [4.78, 5) is 18.2. The minimum atomic E-state index is -0.00459. The summed E-state index contributed by atoms with van der Waals surface area (Å²) in [7, 11) is 1.81. The van der Waals surface area contributed by atoms with E-state index in [2.05, 4.69) is 17.2 Å². The lowest BCUT2D eigenvalue weighted by molar-refractivity contribution is 0.0587. The Morgan fingerprint density at radius 3 is 3.00 bits per heavy atom. The number of carbonyl (C=O) groups excluding carboxylic acids is 1. The van der Waals surface area contributed by atoms with Crippen LogP contribution in [0.15, 0.2) is 18.3 Å². The molecule has 0 radical (unpaired) electrons. The fraction of sp³-hybridized carbons (Fsp3) is 0.600. The predicted octanol–water partition coefficient (Wildman–Crippen LogP) is 2.15. The average molecular weight is 277 g/mol. The smallest absolute Gasteiger partial charge is 0.255 e. The van der Waals surface area contributed by atoms with Crippen LogP contribution in [0.1, 0.15) is 36.5 Å². The number of pyridine rings is 1. The molecule has 0 aliphatic carbocycles. The summed E-state index contributed by atoms with van der Waals surface area (Å²) < 4.78 is 5.55. The molecule has 1 aromatic heterocycles. The van der Waals surface area contributed by atoms with Crippen molar-refractivity contribution in [2.45, 2.75) is 32.3 Å². The summed E-state index contributed by atoms with van der Waals surface area (Å²) in [6.07, 6.45) is 4.99. The highest BCUT2D eigenvalue weighted by atomic mass is 16.5. The second-order valence-electron chi connectivity index (χ2n) is 5.18. The van der Waals surface area contributed by atoms with E-state index in [0.29, 0.717) is 12.1 Å². The Labute approximate surface area is 120 Å². The Kier molecular flexibility index (Phi) is 5.35. The van der Waals surface area contributed by atoms with Gasteiger partial charge in [-0.15, -0.1) is 0 Å². The highest BCUT2D eigenvalue weighted by molar-refractivity contribution is 5.93. The largest absolute Gasteiger partial charge is 0.376 e. The van der Waals surface area contributed by atoms with Gasteiger partial charge in [0, 0.05) is 32.9 Å². The molecule has 2 heterocycles. The van der Waals surface area contributed by atoms with Crippen molar-refractivity contribution >= 4 is 11.7 Å². The highest BCUT2D eigenvalue weighted by Gasteiger charge is 2.20. The maximum absolute atomic E-state index is 12.3. The van der Waals surface area contributed by atoms with Gasteiger partial charge < -0.3 is 15.0 Å². The van der Waals surface area contributed by atoms with Gasteiger partial charge in [0.1, 0.15) is 5.82 Å². The molecule has 1 aliphatic heterocycles. The van der Waals surface area contributed by atoms with E-state index in [1.807, 2.05) is 19.2 Å². The van der Waals surface area contributed by atoms with Gasteiger partial charge in [0.25, 0.3) is 5.91 Å². The molecule has 110 valence electrons. The van der Waals surface area contributed by atoms with Gasteiger partial charge >= 0.3 is 0 Å². The van der Waals surface area contributed by atoms with Crippen molar-refractivity contribution in [3.63, 3.8) is 0 Å². The van der Waals surface area contributed by atoms with Gasteiger partial charge in [-0.25, -0.2) is 4.98 Å². The van der Waals surface area contributed by atoms with E-state index in [1.165, 1.54) is 0 Å². The van der Waals surface area contributed by atoms with E-state index in [1.54, 1.807) is 11.1 Å². The molecule has 0 bridgehead atoms. The number of nitrogens with zero attached hydrogens (tertiary/aromatic N) is 2. The molecule has 1 aromatic rings. The van der Waals surface area contributed by atoms with Crippen molar-refractivity contribution in [3.05, 3.63) is 23.9 Å². The predicted molar refractivity (Wildman–Crippen MR) is 79.0 cm³/mol. The van der Waals surface area contributed by atoms with Crippen LogP contribution in [0.25, 0.3) is 0 Å². The Balaban J connectivity index is 1.90. The lowest BCUT2D eigenvalue weighted by Gasteiger charge is -2.20. The number of rotatable bonds is 6. The molecule has 1 fully saturated rings. The minimum Gasteiger partial charge on any atom is -0.376 e. The lowest BCUT2D eigenvalue weighted by Crippen LogP contribution is -2.34. The maximum atomic E-state index is 12.3. The van der Waals surface area contributed by atoms with Crippen LogP contribution in [0.5, 0.6) is 0 Å². The first-order chi connectivity index (χ1) is 9.70. The quantitative estimate of drug-likeness (QED) is 0.865. The number of nitrogens with one attached hydrogen (secondary N) is 1. The van der Waals surface area contributed by atoms with Crippen molar-refractivity contribution in [1.29, 1.82) is 0 Å². The normalized spacial score (nSPS) is 18.0. The fourth-order valence-electron chi connectivity index (χ4n) is 2.28. The molecule has 5 nitrogen and oxygen atoms in total. The van der Waals surface area contributed by atoms with E-state index < -0.39 is 0 Å². The van der Waals surface area contributed by atoms with Gasteiger partial charge in [0.05, 0.1) is 11.7 Å². The first-order valence-electron chi connectivity index (χ1n) is 7.27. The maximum Gasteiger partial charge on any atom is 0.255 e. The van der Waals surface area contributed by atoms with Crippen LogP contribution in [-0.4, -0.2) is 48.6 Å². The lowest BCUT2D eigenvalue weighted by atomic mass is 10.2. The van der Waals surface area contributed by atoms with Crippen LogP contribution < -0.4 is 5.32 Å². The molecule has 20 heavy (non-hydrogen) atoms. The standard InChI is InChI=1S/C15H23N3O2/c1-3-8-16-14-7-6-12(10-17-14)15(19)18(2)11-13-5-4-9-20-13/h6-7,10,13H,3-5,8-9,11H2,1-2H3,(H,16,17). The summed E-state index contributed by atoms with van der Waals surface area (Å²) in [5.74, 6) is 0.806. The van der Waals surface area contributed by atoms with Crippen LogP contribution >= 0.6 is 0 Å². The summed E-state index contributed by atoms with van der Waals surface area (Å²) in [6, 6.07) is 3.67. The van der Waals surface area contributed by atoms with Crippen molar-refractivity contribution < 1.29 is 9.53 Å². The third-order valence-corrected chi connectivity index (χ3v) is 3.41. The first kappa shape index (κ1) is 14.8. The summed E-state index contributed by atoms with van der Waals surface area (Å²) in [5.41, 5.74) is 0.618.